The lowest BCUT2D eigenvalue weighted by Gasteiger charge is -2.27. The first kappa shape index (κ1) is 27.5. The van der Waals surface area contributed by atoms with Crippen LogP contribution in [0.15, 0.2) is 164 Å². The highest BCUT2D eigenvalue weighted by atomic mass is 15.2. The Morgan fingerprint density at radius 1 is 0.377 bits per heavy atom. The molecule has 0 fully saturated rings. The van der Waals surface area contributed by atoms with E-state index in [0.29, 0.717) is 0 Å². The number of para-hydroxylation sites is 4. The number of hydrogen-bond acceptors (Lipinski definition) is 3. The number of fused-ring (bicyclic) bond motifs is 16. The molecule has 8 aromatic carbocycles. The van der Waals surface area contributed by atoms with Crippen molar-refractivity contribution >= 4 is 115 Å². The molecule has 13 rings (SSSR count). The Balaban J connectivity index is 1.31. The topological polar surface area (TPSA) is 37.8 Å². The van der Waals surface area contributed by atoms with Crippen molar-refractivity contribution in [2.45, 2.75) is 0 Å². The summed E-state index contributed by atoms with van der Waals surface area (Å²) in [6, 6.07) is 59.0. The summed E-state index contributed by atoms with van der Waals surface area (Å²) in [4.78, 5) is 13.7. The molecule has 0 aliphatic heterocycles. The first-order chi connectivity index (χ1) is 26.3. The van der Waals surface area contributed by atoms with Crippen LogP contribution in [0.25, 0.3) is 98.3 Å². The van der Waals surface area contributed by atoms with Gasteiger partial charge in [-0.2, -0.15) is 0 Å². The van der Waals surface area contributed by atoms with Crippen LogP contribution in [-0.2, 0) is 0 Å². The highest BCUT2D eigenvalue weighted by Gasteiger charge is 2.29. The van der Waals surface area contributed by atoms with Crippen LogP contribution in [0, 0.1) is 0 Å². The number of anilines is 3. The van der Waals surface area contributed by atoms with E-state index in [2.05, 4.69) is 177 Å². The maximum absolute atomic E-state index is 5.69. The molecule has 5 heteroatoms. The molecule has 0 N–H and O–H groups in total. The lowest BCUT2D eigenvalue weighted by molar-refractivity contribution is 1.23. The van der Waals surface area contributed by atoms with Gasteiger partial charge in [0, 0.05) is 43.7 Å². The minimum atomic E-state index is 0.874. The first-order valence-electron chi connectivity index (χ1n) is 18.1. The van der Waals surface area contributed by atoms with Gasteiger partial charge in [-0.3, -0.25) is 8.80 Å². The van der Waals surface area contributed by atoms with Gasteiger partial charge < -0.3 is 4.90 Å². The zero-order chi connectivity index (χ0) is 34.4. The van der Waals surface area contributed by atoms with Gasteiger partial charge in [-0.15, -0.1) is 0 Å². The molecule has 13 aromatic rings. The van der Waals surface area contributed by atoms with Crippen molar-refractivity contribution in [3.8, 4) is 0 Å². The molecule has 0 saturated carbocycles. The van der Waals surface area contributed by atoms with Crippen LogP contribution < -0.4 is 4.90 Å². The van der Waals surface area contributed by atoms with E-state index in [1.165, 1.54) is 48.6 Å². The third kappa shape index (κ3) is 3.37. The second-order valence-corrected chi connectivity index (χ2v) is 14.2. The van der Waals surface area contributed by atoms with Crippen LogP contribution in [0.1, 0.15) is 0 Å². The van der Waals surface area contributed by atoms with Gasteiger partial charge in [0.25, 0.3) is 0 Å². The molecule has 0 atom stereocenters. The SMILES string of the molecule is c1ccc(N(c2ccccc2)c2cc3ccccc3c3c4c5ccccc5cc5c6nc7c(nc6n(c23)c54)c2cccc3c4ccccc4n7c32)cc1. The fourth-order valence-corrected chi connectivity index (χ4v) is 9.40. The maximum atomic E-state index is 5.69. The predicted octanol–water partition coefficient (Wildman–Crippen LogP) is 12.6. The minimum absolute atomic E-state index is 0.874. The molecule has 0 aliphatic rings. The molecule has 0 radical (unpaired) electrons. The number of hydrogen-bond donors (Lipinski definition) is 0. The van der Waals surface area contributed by atoms with Crippen LogP contribution in [0.5, 0.6) is 0 Å². The second kappa shape index (κ2) is 9.75. The van der Waals surface area contributed by atoms with E-state index in [1.54, 1.807) is 0 Å². The number of rotatable bonds is 3. The summed E-state index contributed by atoms with van der Waals surface area (Å²) < 4.78 is 4.76. The Hall–Kier alpha value is -7.24. The summed E-state index contributed by atoms with van der Waals surface area (Å²) >= 11 is 0. The van der Waals surface area contributed by atoms with E-state index in [0.717, 1.165) is 66.7 Å². The van der Waals surface area contributed by atoms with Gasteiger partial charge in [-0.05, 0) is 64.0 Å². The van der Waals surface area contributed by atoms with Crippen molar-refractivity contribution in [2.24, 2.45) is 0 Å². The molecule has 0 saturated heterocycles. The fraction of sp³-hybridized carbons (Fsp3) is 0. The molecule has 0 spiro atoms. The van der Waals surface area contributed by atoms with Gasteiger partial charge >= 0.3 is 0 Å². The zero-order valence-corrected chi connectivity index (χ0v) is 28.3. The number of benzene rings is 8. The quantitative estimate of drug-likeness (QED) is 0.187. The molecule has 0 bridgehead atoms. The van der Waals surface area contributed by atoms with Crippen molar-refractivity contribution in [1.29, 1.82) is 0 Å². The zero-order valence-electron chi connectivity index (χ0n) is 28.3. The van der Waals surface area contributed by atoms with E-state index in [-0.39, 0.29) is 0 Å². The van der Waals surface area contributed by atoms with Gasteiger partial charge in [0.2, 0.25) is 0 Å². The van der Waals surface area contributed by atoms with Crippen LogP contribution in [0.2, 0.25) is 0 Å². The number of aromatic nitrogens is 4. The number of nitrogens with zero attached hydrogens (tertiary/aromatic N) is 5. The minimum Gasteiger partial charge on any atom is -0.308 e. The van der Waals surface area contributed by atoms with Gasteiger partial charge in [-0.1, -0.05) is 121 Å². The van der Waals surface area contributed by atoms with Gasteiger partial charge in [0.15, 0.2) is 11.3 Å². The molecule has 0 unspecified atom stereocenters. The summed E-state index contributed by atoms with van der Waals surface area (Å²) in [5.41, 5.74) is 11.5. The van der Waals surface area contributed by atoms with Gasteiger partial charge in [0.05, 0.1) is 27.8 Å². The molecule has 0 aliphatic carbocycles. The molecule has 5 heterocycles. The van der Waals surface area contributed by atoms with E-state index in [1.807, 2.05) is 0 Å². The maximum Gasteiger partial charge on any atom is 0.165 e. The normalized spacial score (nSPS) is 12.5. The largest absolute Gasteiger partial charge is 0.308 e. The fourth-order valence-electron chi connectivity index (χ4n) is 9.40. The molecule has 5 aromatic heterocycles. The van der Waals surface area contributed by atoms with Gasteiger partial charge in [0.1, 0.15) is 11.0 Å². The average Bonchev–Trinajstić information content (AvgIpc) is 3.94. The first-order valence-corrected chi connectivity index (χ1v) is 18.1. The average molecular weight is 674 g/mol. The Morgan fingerprint density at radius 3 is 1.62 bits per heavy atom. The lowest BCUT2D eigenvalue weighted by atomic mass is 9.97. The smallest absolute Gasteiger partial charge is 0.165 e. The van der Waals surface area contributed by atoms with E-state index in [4.69, 9.17) is 9.97 Å². The molecule has 0 amide bonds. The molecular weight excluding hydrogens is 647 g/mol. The summed E-state index contributed by atoms with van der Waals surface area (Å²) in [5, 5.41) is 12.0. The van der Waals surface area contributed by atoms with Crippen LogP contribution in [0.4, 0.5) is 17.1 Å². The predicted molar refractivity (Wildman–Crippen MR) is 221 cm³/mol. The van der Waals surface area contributed by atoms with Gasteiger partial charge in [-0.25, -0.2) is 9.97 Å². The Kier molecular flexibility index (Phi) is 5.06. The molecule has 53 heavy (non-hydrogen) atoms. The third-order valence-corrected chi connectivity index (χ3v) is 11.5. The third-order valence-electron chi connectivity index (χ3n) is 11.5. The molecule has 244 valence electrons. The van der Waals surface area contributed by atoms with Crippen molar-refractivity contribution in [2.75, 3.05) is 4.90 Å². The highest BCUT2D eigenvalue weighted by Crippen LogP contribution is 2.50. The summed E-state index contributed by atoms with van der Waals surface area (Å²) in [6.07, 6.45) is 0. The van der Waals surface area contributed by atoms with E-state index >= 15 is 0 Å². The highest BCUT2D eigenvalue weighted by molar-refractivity contribution is 6.37. The van der Waals surface area contributed by atoms with Crippen molar-refractivity contribution < 1.29 is 0 Å². The van der Waals surface area contributed by atoms with Crippen molar-refractivity contribution in [3.63, 3.8) is 0 Å². The van der Waals surface area contributed by atoms with Crippen molar-refractivity contribution in [3.05, 3.63) is 164 Å². The Bertz CT molecular complexity index is 3580. The van der Waals surface area contributed by atoms with E-state index < -0.39 is 0 Å². The second-order valence-electron chi connectivity index (χ2n) is 14.2. The van der Waals surface area contributed by atoms with Crippen molar-refractivity contribution in [1.82, 2.24) is 18.8 Å². The standard InChI is InChI=1S/C48H27N5/c1-3-16-30(17-4-1)51(31-18-5-2-6-19-31)39-27-29-15-8-10-21-33(29)41-40-32-20-9-7-14-28(32)26-37-43-48(53(45(37)40)46(39)41)49-42-36-24-13-23-35-34-22-11-12-25-38(34)52(44(35)36)47(42)50-43/h1-27H. The molecular formula is C48H27N5. The van der Waals surface area contributed by atoms with Crippen LogP contribution >= 0.6 is 0 Å². The summed E-state index contributed by atoms with van der Waals surface area (Å²) in [7, 11) is 0. The monoisotopic (exact) mass is 673 g/mol. The van der Waals surface area contributed by atoms with E-state index in [9.17, 15) is 0 Å². The van der Waals surface area contributed by atoms with Crippen LogP contribution in [-0.4, -0.2) is 18.8 Å². The summed E-state index contributed by atoms with van der Waals surface area (Å²) in [6.45, 7) is 0. The summed E-state index contributed by atoms with van der Waals surface area (Å²) in [5.74, 6) is 0. The Morgan fingerprint density at radius 2 is 0.906 bits per heavy atom. The van der Waals surface area contributed by atoms with Crippen LogP contribution in [0.3, 0.4) is 0 Å². The lowest BCUT2D eigenvalue weighted by Crippen LogP contribution is -2.11. The molecule has 5 nitrogen and oxygen atoms in total. The Labute approximate surface area is 301 Å².